The molecule has 0 aliphatic carbocycles. The number of carbonyl (C=O) groups is 1. The summed E-state index contributed by atoms with van der Waals surface area (Å²) in [6, 6.07) is 0. The lowest BCUT2D eigenvalue weighted by molar-refractivity contribution is -0.142. The smallest absolute Gasteiger partial charge is 0.319 e. The zero-order valence-corrected chi connectivity index (χ0v) is 9.68. The Morgan fingerprint density at radius 3 is 2.80 bits per heavy atom. The largest absolute Gasteiger partial charge is 0.465 e. The molecule has 0 aromatic carbocycles. The SMILES string of the molecule is CCOC(=O)CNCC1CCS(=O)(=O)C1. The first kappa shape index (κ1) is 12.4. The topological polar surface area (TPSA) is 72.5 Å². The molecule has 0 amide bonds. The van der Waals surface area contributed by atoms with Crippen LogP contribution in [0.5, 0.6) is 0 Å². The zero-order chi connectivity index (χ0) is 11.3. The molecular weight excluding hydrogens is 218 g/mol. The highest BCUT2D eigenvalue weighted by Crippen LogP contribution is 2.17. The molecule has 1 aliphatic heterocycles. The molecule has 0 aromatic rings. The van der Waals surface area contributed by atoms with E-state index in [4.69, 9.17) is 4.74 Å². The molecule has 0 radical (unpaired) electrons. The molecule has 1 fully saturated rings. The summed E-state index contributed by atoms with van der Waals surface area (Å²) < 4.78 is 27.0. The van der Waals surface area contributed by atoms with Crippen LogP contribution in [0.4, 0.5) is 0 Å². The number of esters is 1. The Bertz CT molecular complexity index is 312. The van der Waals surface area contributed by atoms with E-state index >= 15 is 0 Å². The van der Waals surface area contributed by atoms with E-state index in [-0.39, 0.29) is 29.9 Å². The van der Waals surface area contributed by atoms with E-state index in [1.165, 1.54) is 0 Å². The van der Waals surface area contributed by atoms with Crippen molar-refractivity contribution < 1.29 is 17.9 Å². The molecular formula is C9H17NO4S. The van der Waals surface area contributed by atoms with Crippen molar-refractivity contribution >= 4 is 15.8 Å². The lowest BCUT2D eigenvalue weighted by Crippen LogP contribution is -2.30. The molecule has 5 nitrogen and oxygen atoms in total. The minimum Gasteiger partial charge on any atom is -0.465 e. The Morgan fingerprint density at radius 1 is 1.53 bits per heavy atom. The molecule has 0 saturated carbocycles. The van der Waals surface area contributed by atoms with E-state index in [2.05, 4.69) is 5.32 Å². The fraction of sp³-hybridized carbons (Fsp3) is 0.889. The molecule has 88 valence electrons. The van der Waals surface area contributed by atoms with Crippen LogP contribution in [0.2, 0.25) is 0 Å². The maximum Gasteiger partial charge on any atom is 0.319 e. The van der Waals surface area contributed by atoms with Crippen LogP contribution in [-0.4, -0.2) is 45.6 Å². The summed E-state index contributed by atoms with van der Waals surface area (Å²) in [5, 5.41) is 2.91. The third-order valence-corrected chi connectivity index (χ3v) is 4.17. The van der Waals surface area contributed by atoms with Crippen LogP contribution in [0.25, 0.3) is 0 Å². The summed E-state index contributed by atoms with van der Waals surface area (Å²) in [4.78, 5) is 10.9. The number of ether oxygens (including phenoxy) is 1. The van der Waals surface area contributed by atoms with Crippen LogP contribution >= 0.6 is 0 Å². The summed E-state index contributed by atoms with van der Waals surface area (Å²) in [7, 11) is -2.81. The third kappa shape index (κ3) is 4.61. The average Bonchev–Trinajstić information content (AvgIpc) is 2.46. The van der Waals surface area contributed by atoms with Gasteiger partial charge in [0, 0.05) is 0 Å². The van der Waals surface area contributed by atoms with Gasteiger partial charge in [-0.3, -0.25) is 4.79 Å². The van der Waals surface area contributed by atoms with Crippen LogP contribution in [-0.2, 0) is 19.4 Å². The van der Waals surface area contributed by atoms with Gasteiger partial charge in [-0.05, 0) is 25.8 Å². The molecule has 1 aliphatic rings. The van der Waals surface area contributed by atoms with Crippen molar-refractivity contribution in [1.82, 2.24) is 5.32 Å². The first-order valence-electron chi connectivity index (χ1n) is 5.10. The van der Waals surface area contributed by atoms with Gasteiger partial charge in [0.1, 0.15) is 0 Å². The van der Waals surface area contributed by atoms with Gasteiger partial charge < -0.3 is 10.1 Å². The number of hydrogen-bond acceptors (Lipinski definition) is 5. The van der Waals surface area contributed by atoms with Gasteiger partial charge in [0.2, 0.25) is 0 Å². The quantitative estimate of drug-likeness (QED) is 0.655. The van der Waals surface area contributed by atoms with Crippen LogP contribution < -0.4 is 5.32 Å². The first-order chi connectivity index (χ1) is 7.03. The summed E-state index contributed by atoms with van der Waals surface area (Å²) in [6.45, 7) is 2.85. The van der Waals surface area contributed by atoms with Crippen molar-refractivity contribution in [2.75, 3.05) is 31.2 Å². The second-order valence-electron chi connectivity index (χ2n) is 3.70. The van der Waals surface area contributed by atoms with Gasteiger partial charge in [0.15, 0.2) is 9.84 Å². The van der Waals surface area contributed by atoms with Crippen molar-refractivity contribution in [3.8, 4) is 0 Å². The summed E-state index contributed by atoms with van der Waals surface area (Å²) in [6.07, 6.45) is 0.693. The highest BCUT2D eigenvalue weighted by Gasteiger charge is 2.27. The van der Waals surface area contributed by atoms with E-state index in [0.717, 1.165) is 0 Å². The van der Waals surface area contributed by atoms with Crippen LogP contribution in [0, 0.1) is 5.92 Å². The van der Waals surface area contributed by atoms with E-state index in [9.17, 15) is 13.2 Å². The Kier molecular flexibility index (Phi) is 4.53. The maximum absolute atomic E-state index is 11.1. The summed E-state index contributed by atoms with van der Waals surface area (Å²) in [5.41, 5.74) is 0. The van der Waals surface area contributed by atoms with Crippen molar-refractivity contribution in [2.24, 2.45) is 5.92 Å². The number of carbonyl (C=O) groups excluding carboxylic acids is 1. The number of sulfone groups is 1. The highest BCUT2D eigenvalue weighted by molar-refractivity contribution is 7.91. The molecule has 1 rings (SSSR count). The molecule has 6 heteroatoms. The number of nitrogens with one attached hydrogen (secondary N) is 1. The molecule has 1 saturated heterocycles. The Hall–Kier alpha value is -0.620. The van der Waals surface area contributed by atoms with Crippen molar-refractivity contribution in [2.45, 2.75) is 13.3 Å². The molecule has 0 spiro atoms. The highest BCUT2D eigenvalue weighted by atomic mass is 32.2. The van der Waals surface area contributed by atoms with E-state index < -0.39 is 9.84 Å². The van der Waals surface area contributed by atoms with Crippen LogP contribution in [0.1, 0.15) is 13.3 Å². The van der Waals surface area contributed by atoms with Gasteiger partial charge in [0.05, 0.1) is 24.7 Å². The van der Waals surface area contributed by atoms with E-state index in [1.807, 2.05) is 0 Å². The lowest BCUT2D eigenvalue weighted by atomic mass is 10.1. The minimum atomic E-state index is -2.81. The molecule has 15 heavy (non-hydrogen) atoms. The first-order valence-corrected chi connectivity index (χ1v) is 6.92. The summed E-state index contributed by atoms with van der Waals surface area (Å²) >= 11 is 0. The Balaban J connectivity index is 2.14. The van der Waals surface area contributed by atoms with E-state index in [0.29, 0.717) is 19.6 Å². The van der Waals surface area contributed by atoms with Crippen molar-refractivity contribution in [3.05, 3.63) is 0 Å². The van der Waals surface area contributed by atoms with Crippen molar-refractivity contribution in [1.29, 1.82) is 0 Å². The van der Waals surface area contributed by atoms with Gasteiger partial charge in [-0.2, -0.15) is 0 Å². The van der Waals surface area contributed by atoms with Gasteiger partial charge in [0.25, 0.3) is 0 Å². The van der Waals surface area contributed by atoms with Gasteiger partial charge in [-0.25, -0.2) is 8.42 Å². The summed E-state index contributed by atoms with van der Waals surface area (Å²) in [5.74, 6) is 0.365. The monoisotopic (exact) mass is 235 g/mol. The Morgan fingerprint density at radius 2 is 2.27 bits per heavy atom. The van der Waals surface area contributed by atoms with Crippen LogP contribution in [0.15, 0.2) is 0 Å². The fourth-order valence-corrected chi connectivity index (χ4v) is 3.49. The molecule has 0 bridgehead atoms. The second-order valence-corrected chi connectivity index (χ2v) is 5.93. The van der Waals surface area contributed by atoms with Crippen molar-refractivity contribution in [3.63, 3.8) is 0 Å². The molecule has 1 N–H and O–H groups in total. The van der Waals surface area contributed by atoms with Gasteiger partial charge in [-0.15, -0.1) is 0 Å². The van der Waals surface area contributed by atoms with Gasteiger partial charge >= 0.3 is 5.97 Å². The standard InChI is InChI=1S/C9H17NO4S/c1-2-14-9(11)6-10-5-8-3-4-15(12,13)7-8/h8,10H,2-7H2,1H3. The third-order valence-electron chi connectivity index (χ3n) is 2.33. The number of hydrogen-bond donors (Lipinski definition) is 1. The number of rotatable bonds is 5. The normalized spacial score (nSPS) is 23.9. The fourth-order valence-electron chi connectivity index (χ4n) is 1.62. The molecule has 1 atom stereocenters. The van der Waals surface area contributed by atoms with E-state index in [1.54, 1.807) is 6.92 Å². The second kappa shape index (κ2) is 5.46. The molecule has 1 heterocycles. The average molecular weight is 235 g/mol. The van der Waals surface area contributed by atoms with Gasteiger partial charge in [-0.1, -0.05) is 0 Å². The predicted molar refractivity (Wildman–Crippen MR) is 56.3 cm³/mol. The Labute approximate surface area is 90.1 Å². The molecule has 1 unspecified atom stereocenters. The lowest BCUT2D eigenvalue weighted by Gasteiger charge is -2.08. The molecule has 0 aromatic heterocycles. The maximum atomic E-state index is 11.1. The zero-order valence-electron chi connectivity index (χ0n) is 8.86. The minimum absolute atomic E-state index is 0.143. The predicted octanol–water partition coefficient (Wildman–Crippen LogP) is -0.426. The van der Waals surface area contributed by atoms with Crippen LogP contribution in [0.3, 0.4) is 0 Å².